The molecule has 0 spiro atoms. The molecule has 2 rings (SSSR count). The van der Waals surface area contributed by atoms with E-state index in [9.17, 15) is 5.11 Å². The van der Waals surface area contributed by atoms with E-state index in [1.807, 2.05) is 0 Å². The molecule has 0 bridgehead atoms. The van der Waals surface area contributed by atoms with Gasteiger partial charge in [-0.25, -0.2) is 0 Å². The van der Waals surface area contributed by atoms with E-state index in [1.165, 1.54) is 23.3 Å². The zero-order valence-electron chi connectivity index (χ0n) is 7.92. The molecule has 4 heteroatoms. The van der Waals surface area contributed by atoms with Crippen molar-refractivity contribution in [3.8, 4) is 0 Å². The van der Waals surface area contributed by atoms with Crippen molar-refractivity contribution in [2.45, 2.75) is 31.8 Å². The molecule has 2 nitrogen and oxygen atoms in total. The van der Waals surface area contributed by atoms with Crippen molar-refractivity contribution < 1.29 is 5.11 Å². The highest BCUT2D eigenvalue weighted by molar-refractivity contribution is 9.10. The van der Waals surface area contributed by atoms with Gasteiger partial charge >= 0.3 is 0 Å². The summed E-state index contributed by atoms with van der Waals surface area (Å²) in [7, 11) is 0. The van der Waals surface area contributed by atoms with Crippen molar-refractivity contribution in [2.75, 3.05) is 6.54 Å². The molecular weight excluding hydrogens is 262 g/mol. The Morgan fingerprint density at radius 1 is 1.43 bits per heavy atom. The fourth-order valence-corrected chi connectivity index (χ4v) is 4.23. The van der Waals surface area contributed by atoms with Crippen molar-refractivity contribution in [2.24, 2.45) is 5.73 Å². The maximum Gasteiger partial charge on any atom is 0.101 e. The number of halogens is 1. The molecule has 1 heterocycles. The van der Waals surface area contributed by atoms with Gasteiger partial charge in [-0.1, -0.05) is 0 Å². The van der Waals surface area contributed by atoms with Crippen molar-refractivity contribution >= 4 is 27.3 Å². The second kappa shape index (κ2) is 4.31. The zero-order chi connectivity index (χ0) is 10.1. The van der Waals surface area contributed by atoms with Crippen LogP contribution in [0.2, 0.25) is 0 Å². The molecule has 78 valence electrons. The first kappa shape index (κ1) is 10.6. The van der Waals surface area contributed by atoms with Crippen LogP contribution in [0.1, 0.15) is 34.3 Å². The number of aliphatic hydroxyl groups is 1. The maximum absolute atomic E-state index is 9.71. The molecular formula is C10H14BrNOS. The molecule has 1 aliphatic carbocycles. The van der Waals surface area contributed by atoms with Gasteiger partial charge in [0.05, 0.1) is 0 Å². The summed E-state index contributed by atoms with van der Waals surface area (Å²) < 4.78 is 1.11. The fourth-order valence-electron chi connectivity index (χ4n) is 1.87. The molecule has 0 fully saturated rings. The maximum atomic E-state index is 9.71. The number of hydrogen-bond acceptors (Lipinski definition) is 3. The van der Waals surface area contributed by atoms with Crippen molar-refractivity contribution in [3.05, 3.63) is 19.8 Å². The van der Waals surface area contributed by atoms with Gasteiger partial charge < -0.3 is 10.8 Å². The number of aliphatic hydroxyl groups excluding tert-OH is 1. The van der Waals surface area contributed by atoms with E-state index in [0.717, 1.165) is 22.2 Å². The first-order chi connectivity index (χ1) is 6.74. The van der Waals surface area contributed by atoms with E-state index in [0.29, 0.717) is 6.54 Å². The lowest BCUT2D eigenvalue weighted by Gasteiger charge is -2.10. The molecule has 0 aliphatic heterocycles. The fraction of sp³-hybridized carbons (Fsp3) is 0.600. The smallest absolute Gasteiger partial charge is 0.101 e. The molecule has 0 saturated heterocycles. The third-order valence-corrected chi connectivity index (χ3v) is 5.22. The summed E-state index contributed by atoms with van der Waals surface area (Å²) in [6.45, 7) is 0.304. The first-order valence-electron chi connectivity index (χ1n) is 4.92. The summed E-state index contributed by atoms with van der Waals surface area (Å²) in [5.41, 5.74) is 6.87. The van der Waals surface area contributed by atoms with E-state index in [-0.39, 0.29) is 0 Å². The molecule has 1 unspecified atom stereocenters. The van der Waals surface area contributed by atoms with Gasteiger partial charge in [0.25, 0.3) is 0 Å². The van der Waals surface area contributed by atoms with Gasteiger partial charge in [-0.3, -0.25) is 0 Å². The molecule has 0 aromatic carbocycles. The van der Waals surface area contributed by atoms with Gasteiger partial charge in [-0.2, -0.15) is 0 Å². The van der Waals surface area contributed by atoms with Gasteiger partial charge in [0.15, 0.2) is 0 Å². The Morgan fingerprint density at radius 2 is 2.14 bits per heavy atom. The van der Waals surface area contributed by atoms with E-state index in [4.69, 9.17) is 5.73 Å². The summed E-state index contributed by atoms with van der Waals surface area (Å²) in [5, 5.41) is 9.71. The van der Waals surface area contributed by atoms with Crippen molar-refractivity contribution in [1.29, 1.82) is 0 Å². The third-order valence-electron chi connectivity index (χ3n) is 2.66. The lowest BCUT2D eigenvalue weighted by Crippen LogP contribution is -2.10. The molecule has 3 N–H and O–H groups in total. The number of thiophene rings is 1. The molecule has 1 atom stereocenters. The summed E-state index contributed by atoms with van der Waals surface area (Å²) >= 11 is 5.29. The van der Waals surface area contributed by atoms with Gasteiger partial charge in [-0.15, -0.1) is 11.3 Å². The minimum absolute atomic E-state index is 0.304. The van der Waals surface area contributed by atoms with Crippen molar-refractivity contribution in [1.82, 2.24) is 0 Å². The standard InChI is InChI=1S/C10H14BrNOS/c11-9-6-3-1-2-4-8(6)14-10(9)7(13)5-12/h7,13H,1-5,12H2. The highest BCUT2D eigenvalue weighted by Gasteiger charge is 2.22. The van der Waals surface area contributed by atoms with Gasteiger partial charge in [0.2, 0.25) is 0 Å². The Balaban J connectivity index is 2.38. The predicted octanol–water partition coefficient (Wildman–Crippen LogP) is 2.38. The Morgan fingerprint density at radius 3 is 2.79 bits per heavy atom. The number of rotatable bonds is 2. The molecule has 0 amide bonds. The normalized spacial score (nSPS) is 17.9. The summed E-state index contributed by atoms with van der Waals surface area (Å²) in [6, 6.07) is 0. The topological polar surface area (TPSA) is 46.2 Å². The number of hydrogen-bond donors (Lipinski definition) is 2. The molecule has 1 aromatic heterocycles. The van der Waals surface area contributed by atoms with Gasteiger partial charge in [0.1, 0.15) is 6.10 Å². The summed E-state index contributed by atoms with van der Waals surface area (Å²) in [6.07, 6.45) is 4.35. The average molecular weight is 276 g/mol. The van der Waals surface area contributed by atoms with Crippen LogP contribution < -0.4 is 5.73 Å². The Labute approximate surface area is 96.3 Å². The van der Waals surface area contributed by atoms with E-state index in [1.54, 1.807) is 11.3 Å². The molecule has 0 radical (unpaired) electrons. The Bertz CT molecular complexity index is 337. The SMILES string of the molecule is NCC(O)c1sc2c(c1Br)CCCC2. The lowest BCUT2D eigenvalue weighted by atomic mass is 9.99. The largest absolute Gasteiger partial charge is 0.386 e. The number of nitrogens with two attached hydrogens (primary N) is 1. The van der Waals surface area contributed by atoms with Gasteiger partial charge in [-0.05, 0) is 47.2 Å². The van der Waals surface area contributed by atoms with E-state index >= 15 is 0 Å². The quantitative estimate of drug-likeness (QED) is 0.871. The minimum Gasteiger partial charge on any atom is -0.386 e. The molecule has 1 aliphatic rings. The summed E-state index contributed by atoms with van der Waals surface area (Å²) in [4.78, 5) is 2.45. The van der Waals surface area contributed by atoms with Crippen LogP contribution >= 0.6 is 27.3 Å². The van der Waals surface area contributed by atoms with Crippen LogP contribution in [-0.4, -0.2) is 11.7 Å². The molecule has 1 aromatic rings. The first-order valence-corrected chi connectivity index (χ1v) is 6.53. The van der Waals surface area contributed by atoms with Crippen LogP contribution in [0.3, 0.4) is 0 Å². The van der Waals surface area contributed by atoms with Crippen LogP contribution in [0.25, 0.3) is 0 Å². The van der Waals surface area contributed by atoms with Crippen LogP contribution in [-0.2, 0) is 12.8 Å². The minimum atomic E-state index is -0.500. The van der Waals surface area contributed by atoms with Crippen LogP contribution in [0.5, 0.6) is 0 Å². The highest BCUT2D eigenvalue weighted by Crippen LogP contribution is 2.40. The van der Waals surface area contributed by atoms with E-state index < -0.39 is 6.10 Å². The second-order valence-electron chi connectivity index (χ2n) is 3.64. The Hall–Kier alpha value is 0.100. The molecule has 14 heavy (non-hydrogen) atoms. The third kappa shape index (κ3) is 1.76. The second-order valence-corrected chi connectivity index (χ2v) is 5.57. The summed E-state index contributed by atoms with van der Waals surface area (Å²) in [5.74, 6) is 0. The van der Waals surface area contributed by atoms with Crippen LogP contribution in [0.4, 0.5) is 0 Å². The zero-order valence-corrected chi connectivity index (χ0v) is 10.3. The van der Waals surface area contributed by atoms with Gasteiger partial charge in [0, 0.05) is 20.8 Å². The van der Waals surface area contributed by atoms with Crippen LogP contribution in [0.15, 0.2) is 4.47 Å². The Kier molecular flexibility index (Phi) is 3.27. The highest BCUT2D eigenvalue weighted by atomic mass is 79.9. The predicted molar refractivity (Wildman–Crippen MR) is 62.7 cm³/mol. The number of fused-ring (bicyclic) bond motifs is 1. The van der Waals surface area contributed by atoms with Crippen LogP contribution in [0, 0.1) is 0 Å². The average Bonchev–Trinajstić information content (AvgIpc) is 2.56. The van der Waals surface area contributed by atoms with E-state index in [2.05, 4.69) is 15.9 Å². The molecule has 0 saturated carbocycles. The monoisotopic (exact) mass is 275 g/mol. The van der Waals surface area contributed by atoms with Crippen molar-refractivity contribution in [3.63, 3.8) is 0 Å². The number of aryl methyl sites for hydroxylation is 1. The lowest BCUT2D eigenvalue weighted by molar-refractivity contribution is 0.190.